The zero-order valence-corrected chi connectivity index (χ0v) is 13.8. The molecule has 5 nitrogen and oxygen atoms in total. The lowest BCUT2D eigenvalue weighted by atomic mass is 10.1. The zero-order valence-electron chi connectivity index (χ0n) is 13.8. The minimum Gasteiger partial charge on any atom is -0.378 e. The van der Waals surface area contributed by atoms with Crippen LogP contribution in [0.4, 0.5) is 0 Å². The van der Waals surface area contributed by atoms with Crippen molar-refractivity contribution in [1.82, 2.24) is 14.7 Å². The Labute approximate surface area is 146 Å². The van der Waals surface area contributed by atoms with E-state index in [9.17, 15) is 4.79 Å². The molecule has 2 aromatic carbocycles. The van der Waals surface area contributed by atoms with Crippen molar-refractivity contribution in [3.05, 3.63) is 72.4 Å². The third-order valence-corrected chi connectivity index (χ3v) is 4.35. The van der Waals surface area contributed by atoms with Gasteiger partial charge in [0.15, 0.2) is 0 Å². The Bertz CT molecular complexity index is 853. The molecule has 0 aliphatic carbocycles. The maximum absolute atomic E-state index is 13.1. The Morgan fingerprint density at radius 2 is 1.56 bits per heavy atom. The van der Waals surface area contributed by atoms with Gasteiger partial charge in [-0.15, -0.1) is 0 Å². The molecule has 1 saturated heterocycles. The van der Waals surface area contributed by atoms with E-state index < -0.39 is 0 Å². The van der Waals surface area contributed by atoms with Crippen LogP contribution in [0.3, 0.4) is 0 Å². The molecular formula is C20H19N3O2. The number of carbonyl (C=O) groups excluding carboxylic acids is 1. The van der Waals surface area contributed by atoms with E-state index in [1.165, 1.54) is 0 Å². The average Bonchev–Trinajstić information content (AvgIpc) is 3.14. The maximum Gasteiger partial charge on any atom is 0.257 e. The molecule has 1 aliphatic rings. The molecule has 0 atom stereocenters. The summed E-state index contributed by atoms with van der Waals surface area (Å²) in [5, 5.41) is 4.52. The molecule has 1 aromatic heterocycles. The Morgan fingerprint density at radius 3 is 2.24 bits per heavy atom. The van der Waals surface area contributed by atoms with Crippen LogP contribution >= 0.6 is 0 Å². The molecule has 3 aromatic rings. The molecule has 25 heavy (non-hydrogen) atoms. The number of para-hydroxylation sites is 1. The summed E-state index contributed by atoms with van der Waals surface area (Å²) in [6, 6.07) is 19.8. The van der Waals surface area contributed by atoms with Gasteiger partial charge in [0, 0.05) is 18.7 Å². The first-order chi connectivity index (χ1) is 12.3. The molecule has 0 spiro atoms. The van der Waals surface area contributed by atoms with E-state index in [1.54, 1.807) is 6.20 Å². The number of hydrogen-bond acceptors (Lipinski definition) is 3. The number of nitrogens with zero attached hydrogens (tertiary/aromatic N) is 3. The van der Waals surface area contributed by atoms with Crippen molar-refractivity contribution in [2.24, 2.45) is 0 Å². The van der Waals surface area contributed by atoms with E-state index in [0.717, 1.165) is 16.9 Å². The van der Waals surface area contributed by atoms with Gasteiger partial charge in [-0.1, -0.05) is 48.5 Å². The molecule has 0 N–H and O–H groups in total. The summed E-state index contributed by atoms with van der Waals surface area (Å²) in [4.78, 5) is 14.9. The quantitative estimate of drug-likeness (QED) is 0.740. The van der Waals surface area contributed by atoms with Gasteiger partial charge in [0.1, 0.15) is 0 Å². The molecule has 4 rings (SSSR count). The molecule has 126 valence electrons. The predicted molar refractivity (Wildman–Crippen MR) is 95.7 cm³/mol. The number of ether oxygens (including phenoxy) is 1. The lowest BCUT2D eigenvalue weighted by Crippen LogP contribution is -2.40. The lowest BCUT2D eigenvalue weighted by Gasteiger charge is -2.26. The van der Waals surface area contributed by atoms with Crippen LogP contribution in [0.25, 0.3) is 16.9 Å². The highest BCUT2D eigenvalue weighted by Crippen LogP contribution is 2.27. The van der Waals surface area contributed by atoms with Gasteiger partial charge in [-0.25, -0.2) is 4.68 Å². The van der Waals surface area contributed by atoms with Crippen LogP contribution in [-0.2, 0) is 4.74 Å². The van der Waals surface area contributed by atoms with Crippen LogP contribution < -0.4 is 0 Å². The first-order valence-corrected chi connectivity index (χ1v) is 8.40. The number of amides is 1. The van der Waals surface area contributed by atoms with E-state index in [2.05, 4.69) is 5.10 Å². The van der Waals surface area contributed by atoms with E-state index in [0.29, 0.717) is 31.9 Å². The molecule has 1 fully saturated rings. The monoisotopic (exact) mass is 333 g/mol. The second kappa shape index (κ2) is 6.91. The van der Waals surface area contributed by atoms with Crippen LogP contribution in [0.15, 0.2) is 66.9 Å². The Balaban J connectivity index is 1.82. The average molecular weight is 333 g/mol. The first kappa shape index (κ1) is 15.6. The standard InChI is InChI=1S/C20H19N3O2/c24-20(22-11-13-25-14-12-22)18-15-21-23(17-9-5-2-6-10-17)19(18)16-7-3-1-4-8-16/h1-10,15H,11-14H2. The number of rotatable bonds is 3. The normalized spacial score (nSPS) is 14.5. The van der Waals surface area contributed by atoms with Crippen molar-refractivity contribution in [3.63, 3.8) is 0 Å². The highest BCUT2D eigenvalue weighted by Gasteiger charge is 2.25. The molecule has 0 radical (unpaired) electrons. The van der Waals surface area contributed by atoms with Crippen LogP contribution in [0.1, 0.15) is 10.4 Å². The summed E-state index contributed by atoms with van der Waals surface area (Å²) in [7, 11) is 0. The molecule has 0 saturated carbocycles. The number of aromatic nitrogens is 2. The van der Waals surface area contributed by atoms with Crippen molar-refractivity contribution >= 4 is 5.91 Å². The summed E-state index contributed by atoms with van der Waals surface area (Å²) < 4.78 is 7.20. The Kier molecular flexibility index (Phi) is 4.31. The molecular weight excluding hydrogens is 314 g/mol. The van der Waals surface area contributed by atoms with Crippen molar-refractivity contribution in [1.29, 1.82) is 0 Å². The number of morpholine rings is 1. The van der Waals surface area contributed by atoms with Crippen LogP contribution in [0.5, 0.6) is 0 Å². The smallest absolute Gasteiger partial charge is 0.257 e. The minimum atomic E-state index is 0.00401. The lowest BCUT2D eigenvalue weighted by molar-refractivity contribution is 0.0303. The summed E-state index contributed by atoms with van der Waals surface area (Å²) in [6.07, 6.45) is 1.67. The Morgan fingerprint density at radius 1 is 0.920 bits per heavy atom. The first-order valence-electron chi connectivity index (χ1n) is 8.40. The van der Waals surface area contributed by atoms with Gasteiger partial charge in [-0.2, -0.15) is 5.10 Å². The highest BCUT2D eigenvalue weighted by atomic mass is 16.5. The van der Waals surface area contributed by atoms with Crippen molar-refractivity contribution in [3.8, 4) is 16.9 Å². The minimum absolute atomic E-state index is 0.00401. The van der Waals surface area contributed by atoms with E-state index in [4.69, 9.17) is 4.74 Å². The van der Waals surface area contributed by atoms with Gasteiger partial charge in [0.2, 0.25) is 0 Å². The van der Waals surface area contributed by atoms with Crippen LogP contribution in [0, 0.1) is 0 Å². The molecule has 1 aliphatic heterocycles. The molecule has 5 heteroatoms. The summed E-state index contributed by atoms with van der Waals surface area (Å²) in [6.45, 7) is 2.39. The van der Waals surface area contributed by atoms with E-state index in [-0.39, 0.29) is 5.91 Å². The second-order valence-corrected chi connectivity index (χ2v) is 5.92. The van der Waals surface area contributed by atoms with E-state index >= 15 is 0 Å². The van der Waals surface area contributed by atoms with Crippen molar-refractivity contribution in [2.75, 3.05) is 26.3 Å². The Hall–Kier alpha value is -2.92. The zero-order chi connectivity index (χ0) is 17.1. The summed E-state index contributed by atoms with van der Waals surface area (Å²) >= 11 is 0. The topological polar surface area (TPSA) is 47.4 Å². The summed E-state index contributed by atoms with van der Waals surface area (Å²) in [5.41, 5.74) is 3.35. The number of carbonyl (C=O) groups is 1. The van der Waals surface area contributed by atoms with Gasteiger partial charge in [-0.05, 0) is 12.1 Å². The number of benzene rings is 2. The van der Waals surface area contributed by atoms with E-state index in [1.807, 2.05) is 70.2 Å². The maximum atomic E-state index is 13.1. The second-order valence-electron chi connectivity index (χ2n) is 5.92. The van der Waals surface area contributed by atoms with Gasteiger partial charge in [0.25, 0.3) is 5.91 Å². The largest absolute Gasteiger partial charge is 0.378 e. The highest BCUT2D eigenvalue weighted by molar-refractivity contribution is 6.00. The van der Waals surface area contributed by atoms with Gasteiger partial charge in [0.05, 0.1) is 36.4 Å². The fourth-order valence-electron chi connectivity index (χ4n) is 3.08. The molecule has 0 unspecified atom stereocenters. The van der Waals surface area contributed by atoms with Crippen molar-refractivity contribution in [2.45, 2.75) is 0 Å². The van der Waals surface area contributed by atoms with Crippen LogP contribution in [0.2, 0.25) is 0 Å². The third-order valence-electron chi connectivity index (χ3n) is 4.35. The molecule has 1 amide bonds. The van der Waals surface area contributed by atoms with Gasteiger partial charge >= 0.3 is 0 Å². The van der Waals surface area contributed by atoms with Gasteiger partial charge in [-0.3, -0.25) is 4.79 Å². The SMILES string of the molecule is O=C(c1cnn(-c2ccccc2)c1-c1ccccc1)N1CCOCC1. The van der Waals surface area contributed by atoms with Crippen LogP contribution in [-0.4, -0.2) is 46.9 Å². The number of hydrogen-bond donors (Lipinski definition) is 0. The van der Waals surface area contributed by atoms with Crippen molar-refractivity contribution < 1.29 is 9.53 Å². The van der Waals surface area contributed by atoms with Gasteiger partial charge < -0.3 is 9.64 Å². The summed E-state index contributed by atoms with van der Waals surface area (Å²) in [5.74, 6) is 0.00401. The third kappa shape index (κ3) is 3.06. The fourth-order valence-corrected chi connectivity index (χ4v) is 3.08. The fraction of sp³-hybridized carbons (Fsp3) is 0.200. The molecule has 0 bridgehead atoms. The molecule has 2 heterocycles. The predicted octanol–water partition coefficient (Wildman–Crippen LogP) is 3.01.